The van der Waals surface area contributed by atoms with Gasteiger partial charge in [-0.3, -0.25) is 0 Å². The van der Waals surface area contributed by atoms with E-state index >= 15 is 0 Å². The average molecular weight is 183 g/mol. The Kier molecular flexibility index (Phi) is 3.70. The third-order valence-corrected chi connectivity index (χ3v) is 1.65. The van der Waals surface area contributed by atoms with Crippen molar-refractivity contribution in [3.8, 4) is 0 Å². The summed E-state index contributed by atoms with van der Waals surface area (Å²) < 4.78 is 0. The molecule has 0 radical (unpaired) electrons. The second-order valence-electron chi connectivity index (χ2n) is 2.65. The van der Waals surface area contributed by atoms with Crippen molar-refractivity contribution in [3.63, 3.8) is 0 Å². The number of nitrogens with one attached hydrogen (secondary N) is 1. The van der Waals surface area contributed by atoms with Gasteiger partial charge in [-0.25, -0.2) is 0 Å². The maximum Gasteiger partial charge on any atom is 0.178 e. The van der Waals surface area contributed by atoms with Crippen LogP contribution in [-0.2, 0) is 0 Å². The average Bonchev–Trinajstić information content (AvgIpc) is 2.15. The molecule has 4 N–H and O–H groups in total. The zero-order valence-corrected chi connectivity index (χ0v) is 7.14. The zero-order valence-electron chi connectivity index (χ0n) is 7.14. The molecule has 1 rings (SSSR count). The Bertz CT molecular complexity index is 246. The number of hydrogen-bond donors (Lipinski definition) is 4. The summed E-state index contributed by atoms with van der Waals surface area (Å²) in [4.78, 5) is 0. The minimum Gasteiger partial charge on any atom is -0.395 e. The van der Waals surface area contributed by atoms with Gasteiger partial charge in [-0.15, -0.1) is 0 Å². The lowest BCUT2D eigenvalue weighted by Crippen LogP contribution is -2.05. The predicted octanol–water partition coefficient (Wildman–Crippen LogP) is 0.0740. The molecule has 0 fully saturated rings. The Morgan fingerprint density at radius 1 is 1.15 bits per heavy atom. The molecule has 1 aromatic carbocycles. The molecule has 0 heterocycles. The molecule has 4 heteroatoms. The molecule has 0 atom stereocenters. The highest BCUT2D eigenvalue weighted by atomic mass is 16.5. The quantitative estimate of drug-likeness (QED) is 0.499. The largest absolute Gasteiger partial charge is 0.395 e. The third kappa shape index (κ3) is 3.02. The molecule has 13 heavy (non-hydrogen) atoms. The summed E-state index contributed by atoms with van der Waals surface area (Å²) in [5.41, 5.74) is 1.30. The molecular weight excluding hydrogens is 170 g/mol. The molecule has 0 amide bonds. The molecule has 72 valence electrons. The van der Waals surface area contributed by atoms with Crippen LogP contribution in [0.5, 0.6) is 0 Å². The summed E-state index contributed by atoms with van der Waals surface area (Å²) in [5.74, 6) is 0. The Balaban J connectivity index is 2.59. The first-order valence-corrected chi connectivity index (χ1v) is 4.05. The summed E-state index contributed by atoms with van der Waals surface area (Å²) >= 11 is 0. The Labute approximate surface area is 76.5 Å². The minimum absolute atomic E-state index is 0.0738. The number of anilines is 1. The standard InChI is InChI=1S/C9H13NO3/c11-6-5-10-8-3-1-7(2-4-8)9(12)13/h1-4,9-13H,5-6H2. The molecule has 0 aromatic heterocycles. The van der Waals surface area contributed by atoms with Crippen molar-refractivity contribution in [3.05, 3.63) is 29.8 Å². The first-order chi connectivity index (χ1) is 6.24. The van der Waals surface area contributed by atoms with E-state index in [4.69, 9.17) is 15.3 Å². The van der Waals surface area contributed by atoms with Gasteiger partial charge in [0.25, 0.3) is 0 Å². The fourth-order valence-corrected chi connectivity index (χ4v) is 0.973. The fourth-order valence-electron chi connectivity index (χ4n) is 0.973. The van der Waals surface area contributed by atoms with Crippen LogP contribution in [0.15, 0.2) is 24.3 Å². The van der Waals surface area contributed by atoms with Crippen LogP contribution >= 0.6 is 0 Å². The number of hydrogen-bond acceptors (Lipinski definition) is 4. The van der Waals surface area contributed by atoms with Gasteiger partial charge in [0, 0.05) is 17.8 Å². The lowest BCUT2D eigenvalue weighted by atomic mass is 10.2. The Morgan fingerprint density at radius 2 is 1.77 bits per heavy atom. The highest BCUT2D eigenvalue weighted by Gasteiger charge is 2.00. The summed E-state index contributed by atoms with van der Waals surface area (Å²) in [6, 6.07) is 6.68. The van der Waals surface area contributed by atoms with Gasteiger partial charge in [0.15, 0.2) is 6.29 Å². The maximum absolute atomic E-state index is 8.79. The van der Waals surface area contributed by atoms with Crippen LogP contribution in [0, 0.1) is 0 Å². The van der Waals surface area contributed by atoms with E-state index in [2.05, 4.69) is 5.32 Å². The van der Waals surface area contributed by atoms with Crippen LogP contribution < -0.4 is 5.32 Å². The lowest BCUT2D eigenvalue weighted by molar-refractivity contribution is -0.0424. The fraction of sp³-hybridized carbons (Fsp3) is 0.333. The van der Waals surface area contributed by atoms with Crippen LogP contribution in [0.25, 0.3) is 0 Å². The van der Waals surface area contributed by atoms with Crippen molar-refractivity contribution in [2.45, 2.75) is 6.29 Å². The molecule has 0 saturated carbocycles. The van der Waals surface area contributed by atoms with Crippen molar-refractivity contribution in [1.29, 1.82) is 0 Å². The normalized spacial score (nSPS) is 10.5. The number of rotatable bonds is 4. The van der Waals surface area contributed by atoms with Crippen molar-refractivity contribution in [2.24, 2.45) is 0 Å². The van der Waals surface area contributed by atoms with Gasteiger partial charge in [-0.05, 0) is 12.1 Å². The van der Waals surface area contributed by atoms with E-state index in [9.17, 15) is 0 Å². The number of aliphatic hydroxyl groups excluding tert-OH is 2. The number of aliphatic hydroxyl groups is 3. The highest BCUT2D eigenvalue weighted by molar-refractivity contribution is 5.44. The molecule has 1 aromatic rings. The van der Waals surface area contributed by atoms with Crippen LogP contribution in [0.1, 0.15) is 11.9 Å². The summed E-state index contributed by atoms with van der Waals surface area (Å²) in [6.45, 7) is 0.561. The van der Waals surface area contributed by atoms with Gasteiger partial charge in [0.2, 0.25) is 0 Å². The van der Waals surface area contributed by atoms with E-state index in [1.54, 1.807) is 24.3 Å². The SMILES string of the molecule is OCCNc1ccc(C(O)O)cc1. The Morgan fingerprint density at radius 3 is 2.23 bits per heavy atom. The molecule has 0 aliphatic heterocycles. The van der Waals surface area contributed by atoms with Gasteiger partial charge in [0.1, 0.15) is 0 Å². The third-order valence-electron chi connectivity index (χ3n) is 1.65. The van der Waals surface area contributed by atoms with E-state index in [0.29, 0.717) is 12.1 Å². The van der Waals surface area contributed by atoms with Crippen molar-refractivity contribution < 1.29 is 15.3 Å². The first kappa shape index (κ1) is 9.98. The van der Waals surface area contributed by atoms with Crippen LogP contribution in [0.2, 0.25) is 0 Å². The number of benzene rings is 1. The van der Waals surface area contributed by atoms with E-state index in [-0.39, 0.29) is 6.61 Å². The Hall–Kier alpha value is -1.10. The molecule has 0 bridgehead atoms. The highest BCUT2D eigenvalue weighted by Crippen LogP contribution is 2.13. The van der Waals surface area contributed by atoms with Gasteiger partial charge in [-0.1, -0.05) is 12.1 Å². The van der Waals surface area contributed by atoms with Gasteiger partial charge in [0.05, 0.1) is 6.61 Å². The predicted molar refractivity (Wildman–Crippen MR) is 49.2 cm³/mol. The van der Waals surface area contributed by atoms with Crippen molar-refractivity contribution in [2.75, 3.05) is 18.5 Å². The van der Waals surface area contributed by atoms with Gasteiger partial charge >= 0.3 is 0 Å². The van der Waals surface area contributed by atoms with Crippen molar-refractivity contribution in [1.82, 2.24) is 0 Å². The van der Waals surface area contributed by atoms with E-state index < -0.39 is 6.29 Å². The molecular formula is C9H13NO3. The molecule has 0 aliphatic rings. The van der Waals surface area contributed by atoms with Crippen LogP contribution in [0.3, 0.4) is 0 Å². The summed E-state index contributed by atoms with van der Waals surface area (Å²) in [7, 11) is 0. The smallest absolute Gasteiger partial charge is 0.178 e. The second kappa shape index (κ2) is 4.81. The first-order valence-electron chi connectivity index (χ1n) is 4.05. The molecule has 0 saturated heterocycles. The lowest BCUT2D eigenvalue weighted by Gasteiger charge is -2.06. The molecule has 0 unspecified atom stereocenters. The molecule has 0 aliphatic carbocycles. The summed E-state index contributed by atoms with van der Waals surface area (Å²) in [5, 5.41) is 29.0. The van der Waals surface area contributed by atoms with E-state index in [0.717, 1.165) is 5.69 Å². The van der Waals surface area contributed by atoms with E-state index in [1.165, 1.54) is 0 Å². The molecule has 0 spiro atoms. The molecule has 4 nitrogen and oxygen atoms in total. The second-order valence-corrected chi connectivity index (χ2v) is 2.65. The topological polar surface area (TPSA) is 72.7 Å². The van der Waals surface area contributed by atoms with Gasteiger partial charge < -0.3 is 20.6 Å². The minimum atomic E-state index is -1.42. The van der Waals surface area contributed by atoms with Gasteiger partial charge in [-0.2, -0.15) is 0 Å². The van der Waals surface area contributed by atoms with Crippen molar-refractivity contribution >= 4 is 5.69 Å². The van der Waals surface area contributed by atoms with E-state index in [1.807, 2.05) is 0 Å². The zero-order chi connectivity index (χ0) is 9.68. The van der Waals surface area contributed by atoms with Crippen LogP contribution in [0.4, 0.5) is 5.69 Å². The van der Waals surface area contributed by atoms with Crippen LogP contribution in [-0.4, -0.2) is 28.5 Å². The monoisotopic (exact) mass is 183 g/mol. The maximum atomic E-state index is 8.79. The summed E-state index contributed by atoms with van der Waals surface area (Å²) in [6.07, 6.45) is -1.42.